The van der Waals surface area contributed by atoms with E-state index in [9.17, 15) is 14.4 Å². The molecule has 36 heavy (non-hydrogen) atoms. The summed E-state index contributed by atoms with van der Waals surface area (Å²) < 4.78 is 21.7. The summed E-state index contributed by atoms with van der Waals surface area (Å²) in [4.78, 5) is 37.7. The molecule has 0 bridgehead atoms. The van der Waals surface area contributed by atoms with Gasteiger partial charge in [0, 0.05) is 17.0 Å². The minimum Gasteiger partial charge on any atom is -0.497 e. The van der Waals surface area contributed by atoms with Crippen LogP contribution in [0.15, 0.2) is 51.7 Å². The lowest BCUT2D eigenvalue weighted by atomic mass is 10.00. The van der Waals surface area contributed by atoms with Crippen molar-refractivity contribution >= 4 is 23.0 Å². The Morgan fingerprint density at radius 1 is 1.06 bits per heavy atom. The van der Waals surface area contributed by atoms with Gasteiger partial charge in [-0.2, -0.15) is 0 Å². The summed E-state index contributed by atoms with van der Waals surface area (Å²) >= 11 is 0. The summed E-state index contributed by atoms with van der Waals surface area (Å²) in [5.41, 5.74) is 1.09. The monoisotopic (exact) mass is 495 g/mol. The Morgan fingerprint density at radius 3 is 2.31 bits per heavy atom. The van der Waals surface area contributed by atoms with Crippen LogP contribution >= 0.6 is 0 Å². The third-order valence-electron chi connectivity index (χ3n) is 5.41. The lowest BCUT2D eigenvalue weighted by Gasteiger charge is -2.24. The molecule has 0 spiro atoms. The van der Waals surface area contributed by atoms with Crippen LogP contribution in [0.5, 0.6) is 11.5 Å². The number of methoxy groups -OCH3 is 1. The van der Waals surface area contributed by atoms with Crippen molar-refractivity contribution in [2.75, 3.05) is 7.11 Å². The zero-order valence-corrected chi connectivity index (χ0v) is 21.8. The molecule has 0 saturated heterocycles. The Labute approximate surface area is 210 Å². The average Bonchev–Trinajstić information content (AvgIpc) is 2.78. The molecular formula is C28H33NO7. The van der Waals surface area contributed by atoms with Gasteiger partial charge in [-0.15, -0.1) is 0 Å². The molecule has 0 unspecified atom stereocenters. The minimum atomic E-state index is -0.910. The molecule has 1 aromatic heterocycles. The number of esters is 1. The number of benzene rings is 2. The van der Waals surface area contributed by atoms with Gasteiger partial charge in [-0.25, -0.2) is 14.4 Å². The molecule has 0 aliphatic heterocycles. The number of aryl methyl sites for hydroxylation is 1. The lowest BCUT2D eigenvalue weighted by Crippen LogP contribution is -2.45. The second-order valence-electron chi connectivity index (χ2n) is 10.0. The highest BCUT2D eigenvalue weighted by Gasteiger charge is 2.27. The fourth-order valence-electron chi connectivity index (χ4n) is 3.78. The van der Waals surface area contributed by atoms with E-state index in [4.69, 9.17) is 18.6 Å². The second-order valence-corrected chi connectivity index (χ2v) is 10.0. The van der Waals surface area contributed by atoms with Gasteiger partial charge in [0.2, 0.25) is 0 Å². The molecule has 3 rings (SSSR count). The number of ether oxygens (including phenoxy) is 3. The number of carbonyl (C=O) groups excluding carboxylic acids is 2. The quantitative estimate of drug-likeness (QED) is 0.258. The maximum atomic E-state index is 13.1. The smallest absolute Gasteiger partial charge is 0.408 e. The standard InChI is InChI=1S/C28H33NO7/c1-16(2)14-22(29-27(32)36-28(4,5)6)26(31)34-23-13-12-20-21(15-24(30)35-25(20)17(23)3)18-8-10-19(33-7)11-9-18/h8-13,15-16,22H,14H2,1-7H3,(H,29,32)/t22-/m0/s1. The van der Waals surface area contributed by atoms with Crippen molar-refractivity contribution in [2.24, 2.45) is 5.92 Å². The Kier molecular flexibility index (Phi) is 8.07. The minimum absolute atomic E-state index is 0.111. The highest BCUT2D eigenvalue weighted by atomic mass is 16.6. The molecule has 0 saturated carbocycles. The lowest BCUT2D eigenvalue weighted by molar-refractivity contribution is -0.137. The van der Waals surface area contributed by atoms with Crippen LogP contribution in [0, 0.1) is 12.8 Å². The fraction of sp³-hybridized carbons (Fsp3) is 0.393. The summed E-state index contributed by atoms with van der Waals surface area (Å²) in [6, 6.07) is 11.3. The number of hydrogen-bond donors (Lipinski definition) is 1. The first-order chi connectivity index (χ1) is 16.9. The van der Waals surface area contributed by atoms with Crippen LogP contribution in [0.25, 0.3) is 22.1 Å². The first kappa shape index (κ1) is 26.8. The molecule has 3 aromatic rings. The summed E-state index contributed by atoms with van der Waals surface area (Å²) in [5.74, 6) is 0.417. The zero-order chi connectivity index (χ0) is 26.6. The highest BCUT2D eigenvalue weighted by Crippen LogP contribution is 2.34. The van der Waals surface area contributed by atoms with Gasteiger partial charge in [0.15, 0.2) is 0 Å². The van der Waals surface area contributed by atoms with Gasteiger partial charge in [-0.05, 0) is 75.4 Å². The molecule has 0 aliphatic rings. The number of alkyl carbamates (subject to hydrolysis) is 1. The van der Waals surface area contributed by atoms with Crippen molar-refractivity contribution in [2.45, 2.75) is 59.6 Å². The van der Waals surface area contributed by atoms with Crippen LogP contribution in [0.2, 0.25) is 0 Å². The molecule has 192 valence electrons. The number of hydrogen-bond acceptors (Lipinski definition) is 7. The van der Waals surface area contributed by atoms with Gasteiger partial charge < -0.3 is 23.9 Å². The predicted molar refractivity (Wildman–Crippen MR) is 137 cm³/mol. The SMILES string of the molecule is COc1ccc(-c2cc(=O)oc3c(C)c(OC(=O)[C@H](CC(C)C)NC(=O)OC(C)(C)C)ccc23)cc1. The number of fused-ring (bicyclic) bond motifs is 1. The molecule has 2 aromatic carbocycles. The molecule has 8 heteroatoms. The number of amides is 1. The van der Waals surface area contributed by atoms with E-state index >= 15 is 0 Å². The van der Waals surface area contributed by atoms with E-state index in [2.05, 4.69) is 5.32 Å². The molecule has 1 heterocycles. The van der Waals surface area contributed by atoms with Crippen molar-refractivity contribution in [1.29, 1.82) is 0 Å². The topological polar surface area (TPSA) is 104 Å². The summed E-state index contributed by atoms with van der Waals surface area (Å²) in [7, 11) is 1.59. The number of carbonyl (C=O) groups is 2. The van der Waals surface area contributed by atoms with E-state index in [0.717, 1.165) is 5.56 Å². The third-order valence-corrected chi connectivity index (χ3v) is 5.41. The fourth-order valence-corrected chi connectivity index (χ4v) is 3.78. The molecule has 0 aliphatic carbocycles. The summed E-state index contributed by atoms with van der Waals surface area (Å²) in [6.45, 7) is 10.8. The first-order valence-corrected chi connectivity index (χ1v) is 11.8. The van der Waals surface area contributed by atoms with E-state index in [0.29, 0.717) is 34.3 Å². The van der Waals surface area contributed by atoms with Gasteiger partial charge in [0.1, 0.15) is 28.7 Å². The van der Waals surface area contributed by atoms with Gasteiger partial charge in [-0.3, -0.25) is 0 Å². The molecule has 1 N–H and O–H groups in total. The largest absolute Gasteiger partial charge is 0.497 e. The van der Waals surface area contributed by atoms with E-state index in [1.54, 1.807) is 46.9 Å². The van der Waals surface area contributed by atoms with Gasteiger partial charge in [-0.1, -0.05) is 26.0 Å². The Morgan fingerprint density at radius 2 is 1.72 bits per heavy atom. The molecular weight excluding hydrogens is 462 g/mol. The summed E-state index contributed by atoms with van der Waals surface area (Å²) in [5, 5.41) is 3.31. The third kappa shape index (κ3) is 6.65. The van der Waals surface area contributed by atoms with Crippen LogP contribution in [0.1, 0.15) is 46.6 Å². The van der Waals surface area contributed by atoms with E-state index in [-0.39, 0.29) is 11.7 Å². The summed E-state index contributed by atoms with van der Waals surface area (Å²) in [6.07, 6.45) is -0.336. The van der Waals surface area contributed by atoms with Crippen molar-refractivity contribution in [3.63, 3.8) is 0 Å². The van der Waals surface area contributed by atoms with Crippen molar-refractivity contribution in [1.82, 2.24) is 5.32 Å². The Balaban J connectivity index is 1.93. The Bertz CT molecular complexity index is 1300. The van der Waals surface area contributed by atoms with Gasteiger partial charge >= 0.3 is 17.7 Å². The maximum Gasteiger partial charge on any atom is 0.408 e. The normalized spacial score (nSPS) is 12.3. The maximum absolute atomic E-state index is 13.1. The van der Waals surface area contributed by atoms with Crippen molar-refractivity contribution in [3.8, 4) is 22.6 Å². The van der Waals surface area contributed by atoms with Crippen LogP contribution in [-0.2, 0) is 9.53 Å². The Hall–Kier alpha value is -3.81. The molecule has 8 nitrogen and oxygen atoms in total. The van der Waals surface area contributed by atoms with Crippen molar-refractivity contribution < 1.29 is 28.2 Å². The van der Waals surface area contributed by atoms with Crippen LogP contribution in [0.3, 0.4) is 0 Å². The molecule has 0 radical (unpaired) electrons. The highest BCUT2D eigenvalue weighted by molar-refractivity contribution is 5.96. The van der Waals surface area contributed by atoms with E-state index < -0.39 is 29.3 Å². The van der Waals surface area contributed by atoms with Gasteiger partial charge in [0.25, 0.3) is 0 Å². The van der Waals surface area contributed by atoms with Crippen LogP contribution < -0.4 is 20.4 Å². The van der Waals surface area contributed by atoms with Crippen molar-refractivity contribution in [3.05, 3.63) is 58.4 Å². The van der Waals surface area contributed by atoms with Crippen LogP contribution in [-0.4, -0.2) is 30.8 Å². The average molecular weight is 496 g/mol. The first-order valence-electron chi connectivity index (χ1n) is 11.8. The predicted octanol–water partition coefficient (Wildman–Crippen LogP) is 5.62. The van der Waals surface area contributed by atoms with Crippen LogP contribution in [0.4, 0.5) is 4.79 Å². The second kappa shape index (κ2) is 10.8. The number of rotatable bonds is 7. The van der Waals surface area contributed by atoms with E-state index in [1.165, 1.54) is 6.07 Å². The molecule has 0 fully saturated rings. The van der Waals surface area contributed by atoms with E-state index in [1.807, 2.05) is 38.1 Å². The molecule has 1 amide bonds. The zero-order valence-electron chi connectivity index (χ0n) is 21.8. The van der Waals surface area contributed by atoms with Gasteiger partial charge in [0.05, 0.1) is 7.11 Å². The number of nitrogens with one attached hydrogen (secondary N) is 1. The molecule has 1 atom stereocenters.